The summed E-state index contributed by atoms with van der Waals surface area (Å²) in [6.07, 6.45) is 4.62. The standard InChI is InChI=1S/C17H24N4O/c1-10(16-11(2)21-22-12(16)3)9-18-17-14-7-5-6-8-15(14)19-13(4)20-17/h10H,5-9H2,1-4H3,(H,18,19,20). The maximum Gasteiger partial charge on any atom is 0.137 e. The van der Waals surface area contributed by atoms with Crippen LogP contribution in [0.25, 0.3) is 0 Å². The van der Waals surface area contributed by atoms with Crippen LogP contribution in [0.1, 0.15) is 59.8 Å². The van der Waals surface area contributed by atoms with Gasteiger partial charge in [-0.15, -0.1) is 0 Å². The summed E-state index contributed by atoms with van der Waals surface area (Å²) in [7, 11) is 0. The van der Waals surface area contributed by atoms with Gasteiger partial charge >= 0.3 is 0 Å². The van der Waals surface area contributed by atoms with Gasteiger partial charge in [0.25, 0.3) is 0 Å². The number of hydrogen-bond acceptors (Lipinski definition) is 5. The molecule has 1 unspecified atom stereocenters. The fraction of sp³-hybridized carbons (Fsp3) is 0.588. The van der Waals surface area contributed by atoms with Crippen LogP contribution >= 0.6 is 0 Å². The molecule has 0 fully saturated rings. The zero-order valence-electron chi connectivity index (χ0n) is 13.9. The minimum atomic E-state index is 0.334. The van der Waals surface area contributed by atoms with Crippen LogP contribution in [0.15, 0.2) is 4.52 Å². The van der Waals surface area contributed by atoms with Crippen molar-refractivity contribution >= 4 is 5.82 Å². The molecule has 0 spiro atoms. The van der Waals surface area contributed by atoms with Gasteiger partial charge in [0.15, 0.2) is 0 Å². The van der Waals surface area contributed by atoms with E-state index in [9.17, 15) is 0 Å². The van der Waals surface area contributed by atoms with Gasteiger partial charge in [-0.2, -0.15) is 0 Å². The maximum absolute atomic E-state index is 5.27. The Hall–Kier alpha value is -1.91. The zero-order chi connectivity index (χ0) is 15.7. The first kappa shape index (κ1) is 15.0. The van der Waals surface area contributed by atoms with Crippen molar-refractivity contribution in [1.29, 1.82) is 0 Å². The first-order valence-electron chi connectivity index (χ1n) is 8.09. The van der Waals surface area contributed by atoms with Crippen LogP contribution in [0.3, 0.4) is 0 Å². The number of fused-ring (bicyclic) bond motifs is 1. The van der Waals surface area contributed by atoms with Crippen molar-refractivity contribution in [3.8, 4) is 0 Å². The molecule has 22 heavy (non-hydrogen) atoms. The third-order valence-corrected chi connectivity index (χ3v) is 4.45. The van der Waals surface area contributed by atoms with Gasteiger partial charge in [-0.25, -0.2) is 9.97 Å². The highest BCUT2D eigenvalue weighted by molar-refractivity contribution is 5.48. The van der Waals surface area contributed by atoms with Crippen LogP contribution in [0.4, 0.5) is 5.82 Å². The van der Waals surface area contributed by atoms with Crippen LogP contribution < -0.4 is 5.32 Å². The molecule has 0 amide bonds. The van der Waals surface area contributed by atoms with Crippen LogP contribution in [0.2, 0.25) is 0 Å². The Bertz CT molecular complexity index is 658. The number of hydrogen-bond donors (Lipinski definition) is 1. The summed E-state index contributed by atoms with van der Waals surface area (Å²) in [5.41, 5.74) is 4.72. The van der Waals surface area contributed by atoms with E-state index in [2.05, 4.69) is 27.4 Å². The molecule has 5 nitrogen and oxygen atoms in total. The number of anilines is 1. The molecule has 0 bridgehead atoms. The lowest BCUT2D eigenvalue weighted by Gasteiger charge is -2.20. The molecule has 1 aliphatic carbocycles. The molecule has 2 heterocycles. The summed E-state index contributed by atoms with van der Waals surface area (Å²) >= 11 is 0. The average Bonchev–Trinajstić information content (AvgIpc) is 2.83. The van der Waals surface area contributed by atoms with E-state index < -0.39 is 0 Å². The highest BCUT2D eigenvalue weighted by atomic mass is 16.5. The molecule has 1 N–H and O–H groups in total. The van der Waals surface area contributed by atoms with Crippen molar-refractivity contribution in [2.24, 2.45) is 0 Å². The first-order chi connectivity index (χ1) is 10.6. The van der Waals surface area contributed by atoms with E-state index in [1.54, 1.807) is 0 Å². The van der Waals surface area contributed by atoms with E-state index in [1.807, 2.05) is 20.8 Å². The number of aromatic nitrogens is 3. The first-order valence-corrected chi connectivity index (χ1v) is 8.09. The molecule has 2 aromatic heterocycles. The summed E-state index contributed by atoms with van der Waals surface area (Å²) in [6, 6.07) is 0. The van der Waals surface area contributed by atoms with Crippen molar-refractivity contribution in [2.75, 3.05) is 11.9 Å². The second-order valence-electron chi connectivity index (χ2n) is 6.27. The maximum atomic E-state index is 5.27. The van der Waals surface area contributed by atoms with Gasteiger partial charge in [-0.3, -0.25) is 0 Å². The predicted octanol–water partition coefficient (Wildman–Crippen LogP) is 3.48. The second-order valence-corrected chi connectivity index (χ2v) is 6.27. The Morgan fingerprint density at radius 1 is 1.14 bits per heavy atom. The Balaban J connectivity index is 1.78. The van der Waals surface area contributed by atoms with Crippen molar-refractivity contribution < 1.29 is 4.52 Å². The molecular formula is C17H24N4O. The highest BCUT2D eigenvalue weighted by Gasteiger charge is 2.19. The van der Waals surface area contributed by atoms with Crippen molar-refractivity contribution in [2.45, 2.75) is 59.3 Å². The molecule has 0 saturated heterocycles. The fourth-order valence-corrected chi connectivity index (χ4v) is 3.41. The van der Waals surface area contributed by atoms with E-state index in [4.69, 9.17) is 4.52 Å². The highest BCUT2D eigenvalue weighted by Crippen LogP contribution is 2.27. The third-order valence-electron chi connectivity index (χ3n) is 4.45. The average molecular weight is 300 g/mol. The zero-order valence-corrected chi connectivity index (χ0v) is 13.9. The lowest BCUT2D eigenvalue weighted by molar-refractivity contribution is 0.391. The molecular weight excluding hydrogens is 276 g/mol. The minimum absolute atomic E-state index is 0.334. The summed E-state index contributed by atoms with van der Waals surface area (Å²) in [4.78, 5) is 9.23. The van der Waals surface area contributed by atoms with E-state index in [0.717, 1.165) is 42.5 Å². The number of rotatable bonds is 4. The lowest BCUT2D eigenvalue weighted by Crippen LogP contribution is -2.17. The van der Waals surface area contributed by atoms with Crippen LogP contribution in [0.5, 0.6) is 0 Å². The molecule has 0 saturated carbocycles. The van der Waals surface area contributed by atoms with E-state index in [1.165, 1.54) is 29.7 Å². The van der Waals surface area contributed by atoms with Gasteiger partial charge in [-0.1, -0.05) is 12.1 Å². The van der Waals surface area contributed by atoms with Crippen molar-refractivity contribution in [3.63, 3.8) is 0 Å². The number of aryl methyl sites for hydroxylation is 4. The topological polar surface area (TPSA) is 63.8 Å². The van der Waals surface area contributed by atoms with Gasteiger partial charge in [0.2, 0.25) is 0 Å². The number of nitrogens with one attached hydrogen (secondary N) is 1. The fourth-order valence-electron chi connectivity index (χ4n) is 3.41. The molecule has 2 aromatic rings. The van der Waals surface area contributed by atoms with Gasteiger partial charge in [-0.05, 0) is 46.5 Å². The van der Waals surface area contributed by atoms with Crippen LogP contribution in [-0.4, -0.2) is 21.7 Å². The van der Waals surface area contributed by atoms with Crippen LogP contribution in [-0.2, 0) is 12.8 Å². The SMILES string of the molecule is Cc1nc2c(c(NCC(C)c3c(C)noc3C)n1)CCCC2. The molecule has 3 rings (SSSR count). The van der Waals surface area contributed by atoms with E-state index in [0.29, 0.717) is 5.92 Å². The van der Waals surface area contributed by atoms with Gasteiger partial charge < -0.3 is 9.84 Å². The molecule has 5 heteroatoms. The van der Waals surface area contributed by atoms with Gasteiger partial charge in [0.1, 0.15) is 17.4 Å². The quantitative estimate of drug-likeness (QED) is 0.936. The Morgan fingerprint density at radius 3 is 2.64 bits per heavy atom. The smallest absolute Gasteiger partial charge is 0.137 e. The third kappa shape index (κ3) is 2.85. The minimum Gasteiger partial charge on any atom is -0.369 e. The second kappa shape index (κ2) is 6.07. The Morgan fingerprint density at radius 2 is 1.91 bits per heavy atom. The molecule has 0 aliphatic heterocycles. The van der Waals surface area contributed by atoms with Gasteiger partial charge in [0, 0.05) is 29.3 Å². The molecule has 1 atom stereocenters. The predicted molar refractivity (Wildman–Crippen MR) is 86.3 cm³/mol. The number of nitrogens with zero attached hydrogens (tertiary/aromatic N) is 3. The van der Waals surface area contributed by atoms with Crippen molar-refractivity contribution in [1.82, 2.24) is 15.1 Å². The lowest BCUT2D eigenvalue weighted by atomic mass is 9.95. The van der Waals surface area contributed by atoms with E-state index >= 15 is 0 Å². The Kier molecular flexibility index (Phi) is 4.14. The van der Waals surface area contributed by atoms with Gasteiger partial charge in [0.05, 0.1) is 5.69 Å². The Labute approximate surface area is 131 Å². The molecule has 0 aromatic carbocycles. The molecule has 1 aliphatic rings. The summed E-state index contributed by atoms with van der Waals surface area (Å²) < 4.78 is 5.27. The monoisotopic (exact) mass is 300 g/mol. The van der Waals surface area contributed by atoms with Crippen LogP contribution in [0, 0.1) is 20.8 Å². The largest absolute Gasteiger partial charge is 0.369 e. The molecule has 0 radical (unpaired) electrons. The van der Waals surface area contributed by atoms with E-state index in [-0.39, 0.29) is 0 Å². The normalized spacial score (nSPS) is 15.5. The summed E-state index contributed by atoms with van der Waals surface area (Å²) in [6.45, 7) is 8.96. The summed E-state index contributed by atoms with van der Waals surface area (Å²) in [5.74, 6) is 3.11. The molecule has 118 valence electrons. The summed E-state index contributed by atoms with van der Waals surface area (Å²) in [5, 5.41) is 7.58. The van der Waals surface area contributed by atoms with Crippen molar-refractivity contribution in [3.05, 3.63) is 34.1 Å².